The van der Waals surface area contributed by atoms with Crippen LogP contribution >= 0.6 is 11.6 Å². The summed E-state index contributed by atoms with van der Waals surface area (Å²) in [6, 6.07) is 20.6. The molecule has 216 valence electrons. The molecule has 42 heavy (non-hydrogen) atoms. The molecular weight excluding hydrogens is 560 g/mol. The van der Waals surface area contributed by atoms with Gasteiger partial charge in [0, 0.05) is 41.4 Å². The number of nitrogens with one attached hydrogen (secondary N) is 1. The van der Waals surface area contributed by atoms with Gasteiger partial charge in [-0.05, 0) is 60.5 Å². The van der Waals surface area contributed by atoms with E-state index in [2.05, 4.69) is 5.32 Å². The zero-order valence-corrected chi connectivity index (χ0v) is 24.0. The number of carbonyl (C=O) groups excluding carboxylic acids is 3. The SMILES string of the molecule is COCOC(=O)c1ccc(NC(=O)C(Cc2ccccc2)n2cc(OC)c(-c3cc(Cl)ccc3C(C)=O)cc2=O)cc1. The van der Waals surface area contributed by atoms with Gasteiger partial charge in [0.05, 0.1) is 18.9 Å². The lowest BCUT2D eigenvalue weighted by Crippen LogP contribution is -2.34. The van der Waals surface area contributed by atoms with Gasteiger partial charge in [0.15, 0.2) is 12.6 Å². The van der Waals surface area contributed by atoms with Crippen molar-refractivity contribution in [2.75, 3.05) is 26.3 Å². The quantitative estimate of drug-likeness (QED) is 0.139. The van der Waals surface area contributed by atoms with Crippen LogP contribution in [0.4, 0.5) is 5.69 Å². The van der Waals surface area contributed by atoms with Crippen molar-refractivity contribution in [3.63, 3.8) is 0 Å². The zero-order valence-electron chi connectivity index (χ0n) is 23.3. The van der Waals surface area contributed by atoms with Crippen LogP contribution < -0.4 is 15.6 Å². The molecule has 0 fully saturated rings. The second-order valence-corrected chi connectivity index (χ2v) is 9.79. The molecule has 0 bridgehead atoms. The number of pyridine rings is 1. The van der Waals surface area contributed by atoms with Crippen molar-refractivity contribution < 1.29 is 28.6 Å². The fraction of sp³-hybridized carbons (Fsp3) is 0.188. The number of hydrogen-bond donors (Lipinski definition) is 1. The first-order chi connectivity index (χ1) is 20.2. The molecule has 0 aliphatic carbocycles. The fourth-order valence-corrected chi connectivity index (χ4v) is 4.63. The molecule has 1 heterocycles. The van der Waals surface area contributed by atoms with E-state index in [-0.39, 0.29) is 30.3 Å². The lowest BCUT2D eigenvalue weighted by Gasteiger charge is -2.22. The van der Waals surface area contributed by atoms with Crippen molar-refractivity contribution >= 4 is 34.9 Å². The topological polar surface area (TPSA) is 113 Å². The lowest BCUT2D eigenvalue weighted by atomic mass is 9.97. The van der Waals surface area contributed by atoms with Gasteiger partial charge in [-0.25, -0.2) is 4.79 Å². The fourth-order valence-electron chi connectivity index (χ4n) is 4.46. The van der Waals surface area contributed by atoms with Gasteiger partial charge in [-0.15, -0.1) is 0 Å². The summed E-state index contributed by atoms with van der Waals surface area (Å²) in [5.41, 5.74) is 2.26. The van der Waals surface area contributed by atoms with E-state index in [0.29, 0.717) is 27.4 Å². The van der Waals surface area contributed by atoms with Crippen LogP contribution in [0.5, 0.6) is 5.75 Å². The number of aromatic nitrogens is 1. The third kappa shape index (κ3) is 7.12. The Hall–Kier alpha value is -4.73. The van der Waals surface area contributed by atoms with Gasteiger partial charge >= 0.3 is 5.97 Å². The van der Waals surface area contributed by atoms with Crippen LogP contribution in [0.1, 0.15) is 39.2 Å². The lowest BCUT2D eigenvalue weighted by molar-refractivity contribution is -0.119. The molecule has 0 spiro atoms. The molecule has 10 heteroatoms. The number of halogens is 1. The Morgan fingerprint density at radius 3 is 2.29 bits per heavy atom. The number of Topliss-reactive ketones (excluding diaryl/α,β-unsaturated/α-hetero) is 1. The van der Waals surface area contributed by atoms with Crippen LogP contribution in [0, 0.1) is 0 Å². The second-order valence-electron chi connectivity index (χ2n) is 9.36. The molecule has 4 aromatic rings. The Morgan fingerprint density at radius 2 is 1.64 bits per heavy atom. The standard InChI is InChI=1S/C32H29ClN2O7/c1-20(36)25-14-11-23(33)16-26(25)27-17-30(37)35(18-29(27)41-3)28(15-21-7-5-4-6-8-21)31(38)34-24-12-9-22(10-13-24)32(39)42-19-40-2/h4-14,16-18,28H,15,19H2,1-3H3,(H,34,38). The number of carbonyl (C=O) groups is 3. The van der Waals surface area contributed by atoms with Crippen LogP contribution in [0.15, 0.2) is 89.9 Å². The number of esters is 1. The molecule has 0 saturated carbocycles. The normalized spacial score (nSPS) is 11.4. The molecule has 1 unspecified atom stereocenters. The van der Waals surface area contributed by atoms with Crippen molar-refractivity contribution in [1.29, 1.82) is 0 Å². The monoisotopic (exact) mass is 588 g/mol. The van der Waals surface area contributed by atoms with E-state index >= 15 is 0 Å². The van der Waals surface area contributed by atoms with Gasteiger partial charge in [0.25, 0.3) is 5.56 Å². The average Bonchev–Trinajstić information content (AvgIpc) is 2.99. The summed E-state index contributed by atoms with van der Waals surface area (Å²) in [7, 11) is 2.85. The van der Waals surface area contributed by atoms with Gasteiger partial charge in [-0.3, -0.25) is 19.0 Å². The van der Waals surface area contributed by atoms with Crippen LogP contribution in [0.3, 0.4) is 0 Å². The number of benzene rings is 3. The number of anilines is 1. The van der Waals surface area contributed by atoms with Crippen LogP contribution in [0.25, 0.3) is 11.1 Å². The summed E-state index contributed by atoms with van der Waals surface area (Å²) in [4.78, 5) is 51.7. The molecule has 0 saturated heterocycles. The summed E-state index contributed by atoms with van der Waals surface area (Å²) in [5.74, 6) is -0.947. The molecule has 1 atom stereocenters. The Balaban J connectivity index is 1.72. The smallest absolute Gasteiger partial charge is 0.340 e. The minimum atomic E-state index is -0.971. The number of nitrogens with zero attached hydrogens (tertiary/aromatic N) is 1. The van der Waals surface area contributed by atoms with E-state index in [9.17, 15) is 19.2 Å². The first-order valence-electron chi connectivity index (χ1n) is 12.9. The van der Waals surface area contributed by atoms with Gasteiger partial charge in [0.2, 0.25) is 5.91 Å². The van der Waals surface area contributed by atoms with Gasteiger partial charge in [-0.2, -0.15) is 0 Å². The maximum atomic E-state index is 13.7. The maximum Gasteiger partial charge on any atom is 0.340 e. The third-order valence-corrected chi connectivity index (χ3v) is 6.76. The van der Waals surface area contributed by atoms with Crippen molar-refractivity contribution in [3.05, 3.63) is 117 Å². The summed E-state index contributed by atoms with van der Waals surface area (Å²) in [6.45, 7) is 1.25. The Bertz CT molecular complexity index is 1650. The van der Waals surface area contributed by atoms with E-state index < -0.39 is 23.5 Å². The first kappa shape index (κ1) is 30.2. The number of hydrogen-bond acceptors (Lipinski definition) is 7. The molecule has 0 radical (unpaired) electrons. The molecular formula is C32H29ClN2O7. The largest absolute Gasteiger partial charge is 0.495 e. The number of amides is 1. The molecule has 0 aliphatic rings. The van der Waals surface area contributed by atoms with Crippen LogP contribution in [-0.2, 0) is 20.7 Å². The van der Waals surface area contributed by atoms with E-state index in [1.165, 1.54) is 50.1 Å². The van der Waals surface area contributed by atoms with E-state index in [4.69, 9.17) is 25.8 Å². The molecule has 1 aromatic heterocycles. The third-order valence-electron chi connectivity index (χ3n) is 6.52. The highest BCUT2D eigenvalue weighted by atomic mass is 35.5. The predicted octanol–water partition coefficient (Wildman–Crippen LogP) is 5.56. The molecule has 4 rings (SSSR count). The Morgan fingerprint density at radius 1 is 0.929 bits per heavy atom. The number of ether oxygens (including phenoxy) is 3. The highest BCUT2D eigenvalue weighted by Crippen LogP contribution is 2.34. The summed E-state index contributed by atoms with van der Waals surface area (Å²) in [5, 5.41) is 3.22. The Labute approximate surface area is 247 Å². The number of ketones is 1. The first-order valence-corrected chi connectivity index (χ1v) is 13.3. The van der Waals surface area contributed by atoms with Gasteiger partial charge < -0.3 is 19.5 Å². The van der Waals surface area contributed by atoms with Gasteiger partial charge in [-0.1, -0.05) is 41.9 Å². The van der Waals surface area contributed by atoms with Crippen LogP contribution in [0.2, 0.25) is 5.02 Å². The highest BCUT2D eigenvalue weighted by Gasteiger charge is 2.25. The molecule has 1 N–H and O–H groups in total. The summed E-state index contributed by atoms with van der Waals surface area (Å²) in [6.07, 6.45) is 1.66. The van der Waals surface area contributed by atoms with Crippen molar-refractivity contribution in [3.8, 4) is 16.9 Å². The summed E-state index contributed by atoms with van der Waals surface area (Å²) < 4.78 is 16.6. The number of methoxy groups -OCH3 is 2. The Kier molecular flexibility index (Phi) is 9.90. The number of rotatable bonds is 11. The molecule has 3 aromatic carbocycles. The molecule has 1 amide bonds. The second kappa shape index (κ2) is 13.8. The average molecular weight is 589 g/mol. The minimum absolute atomic E-state index is 0.178. The predicted molar refractivity (Wildman–Crippen MR) is 159 cm³/mol. The van der Waals surface area contributed by atoms with Crippen molar-refractivity contribution in [2.45, 2.75) is 19.4 Å². The van der Waals surface area contributed by atoms with E-state index in [0.717, 1.165) is 5.56 Å². The summed E-state index contributed by atoms with van der Waals surface area (Å²) >= 11 is 6.23. The maximum absolute atomic E-state index is 13.7. The zero-order chi connectivity index (χ0) is 30.2. The highest BCUT2D eigenvalue weighted by molar-refractivity contribution is 6.31. The van der Waals surface area contributed by atoms with Crippen molar-refractivity contribution in [2.24, 2.45) is 0 Å². The van der Waals surface area contributed by atoms with Gasteiger partial charge in [0.1, 0.15) is 11.8 Å². The van der Waals surface area contributed by atoms with Crippen molar-refractivity contribution in [1.82, 2.24) is 4.57 Å². The molecule has 0 aliphatic heterocycles. The minimum Gasteiger partial charge on any atom is -0.495 e. The van der Waals surface area contributed by atoms with E-state index in [1.807, 2.05) is 30.3 Å². The molecule has 9 nitrogen and oxygen atoms in total. The van der Waals surface area contributed by atoms with Crippen LogP contribution in [-0.4, -0.2) is 43.2 Å². The van der Waals surface area contributed by atoms with E-state index in [1.54, 1.807) is 30.3 Å².